The minimum atomic E-state index is -4.94. The van der Waals surface area contributed by atoms with Crippen LogP contribution >= 0.6 is 15.9 Å². The molecule has 0 fully saturated rings. The number of benzene rings is 2. The summed E-state index contributed by atoms with van der Waals surface area (Å²) in [6.07, 6.45) is 3.18. The zero-order valence-electron chi connectivity index (χ0n) is 16.1. The molecule has 1 N–H and O–H groups in total. The number of hydrogen-bond acceptors (Lipinski definition) is 5. The maximum absolute atomic E-state index is 8.49. The third-order valence-corrected chi connectivity index (χ3v) is 6.12. The van der Waals surface area contributed by atoms with Crippen LogP contribution in [0.5, 0.6) is 11.5 Å². The molecule has 0 spiro atoms. The predicted molar refractivity (Wildman–Crippen MR) is 104 cm³/mol. The van der Waals surface area contributed by atoms with Crippen molar-refractivity contribution in [1.82, 2.24) is 0 Å². The Morgan fingerprint density at radius 3 is 2.37 bits per heavy atom. The minimum Gasteiger partial charge on any atom is -0.545 e. The van der Waals surface area contributed by atoms with Crippen molar-refractivity contribution >= 4 is 22.0 Å². The van der Waals surface area contributed by atoms with Crippen molar-refractivity contribution in [1.29, 1.82) is 0 Å². The van der Waals surface area contributed by atoms with Gasteiger partial charge in [0.05, 0.1) is 5.56 Å². The van der Waals surface area contributed by atoms with Gasteiger partial charge in [0.25, 0.3) is 11.5 Å². The van der Waals surface area contributed by atoms with Crippen molar-refractivity contribution < 1.29 is 38.4 Å². The number of aromatic hydroxyl groups is 1. The fourth-order valence-corrected chi connectivity index (χ4v) is 4.53. The van der Waals surface area contributed by atoms with E-state index in [1.165, 1.54) is 16.7 Å². The summed E-state index contributed by atoms with van der Waals surface area (Å²) in [6, 6.07) is 16.6. The van der Waals surface area contributed by atoms with Gasteiger partial charge in [-0.1, -0.05) is 44.2 Å². The van der Waals surface area contributed by atoms with E-state index in [2.05, 4.69) is 66.2 Å². The number of hydrogen-bond donors (Lipinski definition) is 0. The highest BCUT2D eigenvalue weighted by Crippen LogP contribution is 2.55. The first-order valence-electron chi connectivity index (χ1n) is 9.10. The van der Waals surface area contributed by atoms with Crippen LogP contribution in [0.25, 0.3) is 6.08 Å². The lowest BCUT2D eigenvalue weighted by atomic mass is 9.69. The Morgan fingerprint density at radius 1 is 1.00 bits per heavy atom. The van der Waals surface area contributed by atoms with E-state index in [0.717, 1.165) is 39.5 Å². The number of rotatable bonds is 0. The van der Waals surface area contributed by atoms with Gasteiger partial charge >= 0.3 is 0 Å². The van der Waals surface area contributed by atoms with Crippen LogP contribution < -0.4 is 23.4 Å². The molecule has 6 nitrogen and oxygen atoms in total. The smallest absolute Gasteiger partial charge is 0.279 e. The summed E-state index contributed by atoms with van der Waals surface area (Å²) in [5, 5.41) is 0. The second kappa shape index (κ2) is 7.53. The summed E-state index contributed by atoms with van der Waals surface area (Å²) in [4.78, 5) is 0. The van der Waals surface area contributed by atoms with Crippen LogP contribution in [-0.2, 0) is 6.42 Å². The molecule has 2 heterocycles. The van der Waals surface area contributed by atoms with Gasteiger partial charge in [-0.25, -0.2) is 18.6 Å². The van der Waals surface area contributed by atoms with Crippen molar-refractivity contribution in [3.63, 3.8) is 0 Å². The van der Waals surface area contributed by atoms with Gasteiger partial charge in [-0.15, -0.1) is 10.2 Å². The molecule has 30 heavy (non-hydrogen) atoms. The normalized spacial score (nSPS) is 18.4. The molecule has 0 aromatic heterocycles. The van der Waals surface area contributed by atoms with E-state index in [0.29, 0.717) is 0 Å². The monoisotopic (exact) mass is 492 g/mol. The summed E-state index contributed by atoms with van der Waals surface area (Å²) in [7, 11) is -4.94. The fraction of sp³-hybridized carbons (Fsp3) is 0.182. The van der Waals surface area contributed by atoms with Crippen LogP contribution in [0.4, 0.5) is 0 Å². The average molecular weight is 494 g/mol. The van der Waals surface area contributed by atoms with Crippen molar-refractivity contribution in [2.45, 2.75) is 20.3 Å². The Labute approximate surface area is 184 Å². The van der Waals surface area contributed by atoms with Crippen molar-refractivity contribution in [2.75, 3.05) is 0 Å². The molecule has 0 saturated heterocycles. The van der Waals surface area contributed by atoms with E-state index < -0.39 is 10.2 Å². The van der Waals surface area contributed by atoms with Gasteiger partial charge in [-0.05, 0) is 34.1 Å². The molecule has 0 atom stereocenters. The molecular formula is C22H18BrClO6. The Kier molecular flexibility index (Phi) is 5.30. The fourth-order valence-electron chi connectivity index (χ4n) is 3.91. The molecule has 156 valence electrons. The molecule has 5 rings (SSSR count). The number of aliphatic hydroxyl groups is 1. The van der Waals surface area contributed by atoms with Gasteiger partial charge in [0.2, 0.25) is 0 Å². The van der Waals surface area contributed by atoms with Crippen LogP contribution in [-0.4, -0.2) is 4.74 Å². The second-order valence-electron chi connectivity index (χ2n) is 7.59. The minimum absolute atomic E-state index is 0.132. The molecule has 0 saturated carbocycles. The molecule has 2 aromatic rings. The molecule has 3 aliphatic rings. The van der Waals surface area contributed by atoms with E-state index in [1.807, 2.05) is 18.2 Å². The second-order valence-corrected chi connectivity index (χ2v) is 9.14. The first-order chi connectivity index (χ1) is 14.1. The van der Waals surface area contributed by atoms with E-state index in [4.69, 9.17) is 28.1 Å². The highest BCUT2D eigenvalue weighted by atomic mass is 79.9. The standard InChI is InChI=1S/C22H17BrO2.ClHO4/c1-22(2)15-11-13-7-3-5-9-17(13)24-20(15)19(23)21-16(22)12-14-8-4-6-10-18(14)25-21;2-1(3,4)5/h3-11H,12H2,1-2H3;(H,2,3,4,5). The first-order valence-corrected chi connectivity index (χ1v) is 11.1. The molecule has 2 aliphatic heterocycles. The third-order valence-electron chi connectivity index (χ3n) is 5.39. The zero-order valence-corrected chi connectivity index (χ0v) is 18.5. The van der Waals surface area contributed by atoms with Crippen molar-refractivity contribution in [3.05, 3.63) is 86.8 Å². The maximum atomic E-state index is 8.49. The van der Waals surface area contributed by atoms with E-state index in [-0.39, 0.29) is 5.41 Å². The number of halogens is 2. The Balaban J connectivity index is 0.000000393. The first kappa shape index (κ1) is 21.1. The summed E-state index contributed by atoms with van der Waals surface area (Å²) in [5.41, 5.74) is 4.84. The lowest BCUT2D eigenvalue weighted by Crippen LogP contribution is -2.68. The lowest BCUT2D eigenvalue weighted by molar-refractivity contribution is -2.00. The number of allylic oxidation sites excluding steroid dienone is 3. The van der Waals surface area contributed by atoms with Crippen molar-refractivity contribution in [3.8, 4) is 11.5 Å². The SMILES string of the molecule is CC1(C)C2=Cc3ccccc3OC2=C(Br)C2=C1Cc1ccccc1[OH+]2.[O-][Cl+3]([O-])([O-])[O-]. The van der Waals surface area contributed by atoms with Crippen molar-refractivity contribution in [2.24, 2.45) is 5.41 Å². The van der Waals surface area contributed by atoms with Crippen LogP contribution in [0.1, 0.15) is 25.0 Å². The molecule has 8 heteroatoms. The van der Waals surface area contributed by atoms with Crippen LogP contribution in [0.2, 0.25) is 0 Å². The molecule has 0 radical (unpaired) electrons. The van der Waals surface area contributed by atoms with Gasteiger partial charge < -0.3 is 9.47 Å². The lowest BCUT2D eigenvalue weighted by Gasteiger charge is -2.39. The highest BCUT2D eigenvalue weighted by Gasteiger charge is 2.46. The predicted octanol–water partition coefficient (Wildman–Crippen LogP) is 1.10. The average Bonchev–Trinajstić information content (AvgIpc) is 2.69. The molecule has 0 bridgehead atoms. The molecule has 2 aromatic carbocycles. The summed E-state index contributed by atoms with van der Waals surface area (Å²) in [6.45, 7) is 4.54. The third kappa shape index (κ3) is 3.92. The molecule has 0 unspecified atom stereocenters. The van der Waals surface area contributed by atoms with Crippen LogP contribution in [0, 0.1) is 15.7 Å². The topological polar surface area (TPSA) is 114 Å². The summed E-state index contributed by atoms with van der Waals surface area (Å²) >= 11 is 3.79. The Hall–Kier alpha value is -2.13. The van der Waals surface area contributed by atoms with Gasteiger partial charge in [-0.3, -0.25) is 0 Å². The molecule has 1 aliphatic carbocycles. The quantitative estimate of drug-likeness (QED) is 0.510. The number of para-hydroxylation sites is 2. The molecular weight excluding hydrogens is 476 g/mol. The number of ether oxygens (including phenoxy) is 2. The van der Waals surface area contributed by atoms with Gasteiger partial charge in [0.1, 0.15) is 5.75 Å². The summed E-state index contributed by atoms with van der Waals surface area (Å²) in [5.74, 6) is 3.87. The van der Waals surface area contributed by atoms with Gasteiger partial charge in [-0.2, -0.15) is 0 Å². The zero-order chi connectivity index (χ0) is 21.7. The van der Waals surface area contributed by atoms with Gasteiger partial charge in [0, 0.05) is 34.6 Å². The van der Waals surface area contributed by atoms with Gasteiger partial charge in [0.15, 0.2) is 10.2 Å². The maximum Gasteiger partial charge on any atom is 0.279 e. The van der Waals surface area contributed by atoms with E-state index in [9.17, 15) is 0 Å². The Morgan fingerprint density at radius 2 is 1.63 bits per heavy atom. The Bertz CT molecular complexity index is 1100. The van der Waals surface area contributed by atoms with E-state index >= 15 is 0 Å². The molecule has 0 amide bonds. The summed E-state index contributed by atoms with van der Waals surface area (Å²) < 4.78 is 46.2. The van der Waals surface area contributed by atoms with Crippen LogP contribution in [0.3, 0.4) is 0 Å². The largest absolute Gasteiger partial charge is 0.545 e. The highest BCUT2D eigenvalue weighted by molar-refractivity contribution is 9.12. The van der Waals surface area contributed by atoms with Crippen LogP contribution in [0.15, 0.2) is 75.7 Å². The number of fused-ring (bicyclic) bond motifs is 3. The van der Waals surface area contributed by atoms with E-state index in [1.54, 1.807) is 0 Å².